The average molecular weight is 419 g/mol. The minimum atomic E-state index is -3.00. The minimum absolute atomic E-state index is 0.00748. The summed E-state index contributed by atoms with van der Waals surface area (Å²) < 4.78 is 50.6. The van der Waals surface area contributed by atoms with Crippen LogP contribution in [-0.4, -0.2) is 39.3 Å². The van der Waals surface area contributed by atoms with Gasteiger partial charge in [0, 0.05) is 11.1 Å². The summed E-state index contributed by atoms with van der Waals surface area (Å²) in [6.45, 7) is -0.696. The minimum Gasteiger partial charge on any atom is -0.493 e. The van der Waals surface area contributed by atoms with Crippen molar-refractivity contribution in [2.75, 3.05) is 20.8 Å². The molecule has 0 fully saturated rings. The van der Waals surface area contributed by atoms with Crippen LogP contribution in [0.25, 0.3) is 6.08 Å². The average Bonchev–Trinajstić information content (AvgIpc) is 3.08. The lowest BCUT2D eigenvalue weighted by molar-refractivity contribution is -0.129. The van der Waals surface area contributed by atoms with E-state index in [-0.39, 0.29) is 23.1 Å². The fraction of sp³-hybridized carbons (Fsp3) is 0.238. The van der Waals surface area contributed by atoms with Crippen molar-refractivity contribution >= 4 is 17.9 Å². The van der Waals surface area contributed by atoms with Gasteiger partial charge in [0.15, 0.2) is 28.7 Å². The zero-order valence-electron chi connectivity index (χ0n) is 16.5. The largest absolute Gasteiger partial charge is 0.493 e. The normalized spacial score (nSPS) is 14.5. The molecule has 1 aliphatic rings. The molecule has 1 aliphatic heterocycles. The van der Waals surface area contributed by atoms with Crippen LogP contribution >= 0.6 is 0 Å². The van der Waals surface area contributed by atoms with Gasteiger partial charge >= 0.3 is 12.6 Å². The van der Waals surface area contributed by atoms with Crippen LogP contribution in [0.1, 0.15) is 18.1 Å². The smallest absolute Gasteiger partial charge is 0.387 e. The molecule has 0 saturated carbocycles. The van der Waals surface area contributed by atoms with E-state index >= 15 is 0 Å². The van der Waals surface area contributed by atoms with Gasteiger partial charge in [-0.3, -0.25) is 0 Å². The summed E-state index contributed by atoms with van der Waals surface area (Å²) in [5, 5.41) is 0. The van der Waals surface area contributed by atoms with Crippen LogP contribution in [0.3, 0.4) is 0 Å². The van der Waals surface area contributed by atoms with Crippen molar-refractivity contribution in [3.05, 3.63) is 53.2 Å². The van der Waals surface area contributed by atoms with Gasteiger partial charge < -0.3 is 23.7 Å². The van der Waals surface area contributed by atoms with Crippen molar-refractivity contribution in [3.8, 4) is 23.0 Å². The highest BCUT2D eigenvalue weighted by Gasteiger charge is 2.26. The van der Waals surface area contributed by atoms with Gasteiger partial charge in [-0.25, -0.2) is 9.79 Å². The van der Waals surface area contributed by atoms with E-state index in [0.29, 0.717) is 29.2 Å². The number of methoxy groups -OCH3 is 2. The third-order valence-electron chi connectivity index (χ3n) is 4.05. The number of carbonyl (C=O) groups is 1. The molecule has 3 rings (SSSR count). The predicted molar refractivity (Wildman–Crippen MR) is 104 cm³/mol. The Labute approximate surface area is 171 Å². The van der Waals surface area contributed by atoms with Crippen LogP contribution in [0.2, 0.25) is 0 Å². The topological polar surface area (TPSA) is 75.6 Å². The summed E-state index contributed by atoms with van der Waals surface area (Å²) in [5.74, 6) is 0.237. The number of ether oxygens (including phenoxy) is 5. The molecule has 0 amide bonds. The van der Waals surface area contributed by atoms with E-state index in [4.69, 9.17) is 18.9 Å². The molecule has 30 heavy (non-hydrogen) atoms. The number of alkyl halides is 2. The van der Waals surface area contributed by atoms with Crippen LogP contribution < -0.4 is 18.9 Å². The predicted octanol–water partition coefficient (Wildman–Crippen LogP) is 4.05. The maximum absolute atomic E-state index is 12.5. The number of cyclic esters (lactones) is 1. The fourth-order valence-corrected chi connectivity index (χ4v) is 2.81. The summed E-state index contributed by atoms with van der Waals surface area (Å²) in [6.07, 6.45) is 1.52. The summed E-state index contributed by atoms with van der Waals surface area (Å²) in [7, 11) is 2.81. The van der Waals surface area contributed by atoms with Gasteiger partial charge in [-0.2, -0.15) is 8.78 Å². The number of aliphatic imine (C=N–C) groups is 1. The third kappa shape index (κ3) is 4.51. The maximum atomic E-state index is 12.5. The summed E-state index contributed by atoms with van der Waals surface area (Å²) in [4.78, 5) is 16.5. The molecule has 0 bridgehead atoms. The first-order valence-corrected chi connectivity index (χ1v) is 8.92. The second-order valence-electron chi connectivity index (χ2n) is 5.89. The van der Waals surface area contributed by atoms with E-state index in [0.717, 1.165) is 0 Å². The number of rotatable bonds is 8. The molecule has 7 nitrogen and oxygen atoms in total. The molecule has 0 saturated heterocycles. The third-order valence-corrected chi connectivity index (χ3v) is 4.05. The molecule has 0 spiro atoms. The van der Waals surface area contributed by atoms with Crippen molar-refractivity contribution < 1.29 is 37.3 Å². The monoisotopic (exact) mass is 419 g/mol. The van der Waals surface area contributed by atoms with Crippen molar-refractivity contribution in [2.45, 2.75) is 13.5 Å². The van der Waals surface area contributed by atoms with Gasteiger partial charge in [-0.05, 0) is 37.3 Å². The van der Waals surface area contributed by atoms with Crippen LogP contribution in [0, 0.1) is 0 Å². The maximum Gasteiger partial charge on any atom is 0.387 e. The number of esters is 1. The van der Waals surface area contributed by atoms with Crippen LogP contribution in [-0.2, 0) is 9.53 Å². The second kappa shape index (κ2) is 9.25. The van der Waals surface area contributed by atoms with Gasteiger partial charge in [0.2, 0.25) is 5.90 Å². The number of hydrogen-bond donors (Lipinski definition) is 0. The highest BCUT2D eigenvalue weighted by molar-refractivity contribution is 6.13. The zero-order chi connectivity index (χ0) is 21.7. The molecular weight excluding hydrogens is 400 g/mol. The molecule has 0 N–H and O–H groups in total. The number of halogens is 2. The molecule has 0 aromatic heterocycles. The van der Waals surface area contributed by atoms with Crippen molar-refractivity contribution in [2.24, 2.45) is 4.99 Å². The van der Waals surface area contributed by atoms with Gasteiger partial charge in [-0.1, -0.05) is 12.1 Å². The van der Waals surface area contributed by atoms with Crippen LogP contribution in [0.15, 0.2) is 47.1 Å². The zero-order valence-corrected chi connectivity index (χ0v) is 16.5. The lowest BCUT2D eigenvalue weighted by Crippen LogP contribution is -2.07. The van der Waals surface area contributed by atoms with E-state index < -0.39 is 12.6 Å². The number of hydrogen-bond acceptors (Lipinski definition) is 7. The second-order valence-corrected chi connectivity index (χ2v) is 5.89. The Hall–Kier alpha value is -3.62. The highest BCUT2D eigenvalue weighted by Crippen LogP contribution is 2.34. The van der Waals surface area contributed by atoms with E-state index in [9.17, 15) is 13.6 Å². The van der Waals surface area contributed by atoms with Gasteiger partial charge in [-0.15, -0.1) is 0 Å². The standard InChI is InChI=1S/C21H19F2NO6/c1-4-28-16-7-5-6-12(18(16)27-3)10-14-20(25)30-19(24-14)13-8-9-15(29-21(22)23)17(11-13)26-2/h5-11,21H,4H2,1-3H3/b14-10-. The number of para-hydroxylation sites is 1. The van der Waals surface area contributed by atoms with Gasteiger partial charge in [0.1, 0.15) is 0 Å². The molecular formula is C21H19F2NO6. The van der Waals surface area contributed by atoms with E-state index in [1.165, 1.54) is 38.5 Å². The first-order valence-electron chi connectivity index (χ1n) is 8.92. The summed E-state index contributed by atoms with van der Waals surface area (Å²) in [5.41, 5.74) is 0.989. The Morgan fingerprint density at radius 3 is 2.57 bits per heavy atom. The molecule has 0 aliphatic carbocycles. The molecule has 0 radical (unpaired) electrons. The molecule has 2 aromatic carbocycles. The lowest BCUT2D eigenvalue weighted by atomic mass is 10.1. The van der Waals surface area contributed by atoms with Crippen molar-refractivity contribution in [1.82, 2.24) is 0 Å². The Morgan fingerprint density at radius 1 is 1.10 bits per heavy atom. The fourth-order valence-electron chi connectivity index (χ4n) is 2.81. The lowest BCUT2D eigenvalue weighted by Gasteiger charge is -2.11. The Bertz CT molecular complexity index is 1000. The molecule has 2 aromatic rings. The summed E-state index contributed by atoms with van der Waals surface area (Å²) in [6, 6.07) is 9.37. The van der Waals surface area contributed by atoms with Crippen molar-refractivity contribution in [3.63, 3.8) is 0 Å². The number of carbonyl (C=O) groups excluding carboxylic acids is 1. The van der Waals surface area contributed by atoms with Crippen LogP contribution in [0.5, 0.6) is 23.0 Å². The Morgan fingerprint density at radius 2 is 1.90 bits per heavy atom. The quantitative estimate of drug-likeness (QED) is 0.475. The molecule has 0 unspecified atom stereocenters. The molecule has 1 heterocycles. The number of benzene rings is 2. The van der Waals surface area contributed by atoms with Gasteiger partial charge in [0.05, 0.1) is 20.8 Å². The summed E-state index contributed by atoms with van der Waals surface area (Å²) >= 11 is 0. The molecule has 0 atom stereocenters. The van der Waals surface area contributed by atoms with E-state index in [1.54, 1.807) is 18.2 Å². The van der Waals surface area contributed by atoms with Crippen LogP contribution in [0.4, 0.5) is 8.78 Å². The van der Waals surface area contributed by atoms with Crippen molar-refractivity contribution in [1.29, 1.82) is 0 Å². The molecule has 9 heteroatoms. The van der Waals surface area contributed by atoms with E-state index in [2.05, 4.69) is 9.73 Å². The Kier molecular flexibility index (Phi) is 6.51. The SMILES string of the molecule is CCOc1cccc(/C=C2\N=C(c3ccc(OC(F)F)c(OC)c3)OC2=O)c1OC. The highest BCUT2D eigenvalue weighted by atomic mass is 19.3. The first-order chi connectivity index (χ1) is 14.5. The Balaban J connectivity index is 1.95. The van der Waals surface area contributed by atoms with E-state index in [1.807, 2.05) is 6.92 Å². The van der Waals surface area contributed by atoms with Gasteiger partial charge in [0.25, 0.3) is 0 Å². The number of nitrogens with zero attached hydrogens (tertiary/aromatic N) is 1. The first kappa shape index (κ1) is 21.1. The molecule has 158 valence electrons.